The highest BCUT2D eigenvalue weighted by atomic mass is 16.5. The summed E-state index contributed by atoms with van der Waals surface area (Å²) in [5.74, 6) is -0.0984. The summed E-state index contributed by atoms with van der Waals surface area (Å²) < 4.78 is 5.78. The number of anilines is 1. The molecule has 1 aromatic carbocycles. The number of piperidine rings is 1. The molecule has 1 atom stereocenters. The van der Waals surface area contributed by atoms with Crippen molar-refractivity contribution in [1.82, 2.24) is 20.4 Å². The molecule has 0 aliphatic carbocycles. The molecule has 154 valence electrons. The number of amides is 3. The highest BCUT2D eigenvalue weighted by molar-refractivity contribution is 5.94. The zero-order valence-corrected chi connectivity index (χ0v) is 16.8. The number of para-hydroxylation sites is 1. The quantitative estimate of drug-likeness (QED) is 0.738. The molecule has 1 fully saturated rings. The Hall–Kier alpha value is -2.87. The number of urea groups is 1. The number of nitrogens with one attached hydrogen (secondary N) is 3. The van der Waals surface area contributed by atoms with Gasteiger partial charge in [0.1, 0.15) is 5.60 Å². The van der Waals surface area contributed by atoms with Crippen LogP contribution < -0.4 is 10.6 Å². The lowest BCUT2D eigenvalue weighted by Gasteiger charge is -2.35. The number of aromatic amines is 1. The second kappa shape index (κ2) is 7.87. The zero-order valence-electron chi connectivity index (χ0n) is 16.8. The predicted molar refractivity (Wildman–Crippen MR) is 109 cm³/mol. The summed E-state index contributed by atoms with van der Waals surface area (Å²) in [4.78, 5) is 27.3. The van der Waals surface area contributed by atoms with E-state index in [0.29, 0.717) is 25.4 Å². The molecule has 29 heavy (non-hydrogen) atoms. The van der Waals surface area contributed by atoms with E-state index in [9.17, 15) is 9.59 Å². The summed E-state index contributed by atoms with van der Waals surface area (Å²) in [6, 6.07) is 8.96. The molecule has 8 nitrogen and oxygen atoms in total. The molecule has 0 radical (unpaired) electrons. The number of likely N-dealkylation sites (tertiary alicyclic amines) is 1. The largest absolute Gasteiger partial charge is 0.364 e. The van der Waals surface area contributed by atoms with Crippen LogP contribution in [0.3, 0.4) is 0 Å². The van der Waals surface area contributed by atoms with Gasteiger partial charge in [-0.25, -0.2) is 4.79 Å². The Labute approximate surface area is 170 Å². The molecule has 2 aliphatic rings. The molecule has 0 saturated carbocycles. The highest BCUT2D eigenvalue weighted by Gasteiger charge is 2.39. The fraction of sp³-hybridized carbons (Fsp3) is 0.476. The molecule has 1 aromatic heterocycles. The first-order valence-electron chi connectivity index (χ1n) is 10.1. The number of H-pyrrole nitrogens is 1. The van der Waals surface area contributed by atoms with Gasteiger partial charge >= 0.3 is 6.03 Å². The maximum Gasteiger partial charge on any atom is 0.319 e. The second-order valence-corrected chi connectivity index (χ2v) is 8.07. The first kappa shape index (κ1) is 19.4. The van der Waals surface area contributed by atoms with Gasteiger partial charge in [0.25, 0.3) is 5.91 Å². The minimum atomic E-state index is -0.459. The number of nitrogens with zero attached hydrogens (tertiary/aromatic N) is 2. The van der Waals surface area contributed by atoms with Crippen LogP contribution in [-0.4, -0.2) is 46.2 Å². The maximum atomic E-state index is 13.2. The molecule has 0 spiro atoms. The van der Waals surface area contributed by atoms with Crippen molar-refractivity contribution in [2.24, 2.45) is 0 Å². The molecule has 3 N–H and O–H groups in total. The van der Waals surface area contributed by atoms with E-state index in [2.05, 4.69) is 20.8 Å². The Morgan fingerprint density at radius 1 is 1.28 bits per heavy atom. The molecule has 1 unspecified atom stereocenters. The summed E-state index contributed by atoms with van der Waals surface area (Å²) >= 11 is 0. The molecule has 4 rings (SSSR count). The number of rotatable bonds is 4. The fourth-order valence-corrected chi connectivity index (χ4v) is 4.03. The van der Waals surface area contributed by atoms with Gasteiger partial charge in [-0.05, 0) is 45.2 Å². The van der Waals surface area contributed by atoms with E-state index in [0.717, 1.165) is 36.2 Å². The lowest BCUT2D eigenvalue weighted by atomic mass is 9.99. The Kier molecular flexibility index (Phi) is 5.27. The van der Waals surface area contributed by atoms with Crippen molar-refractivity contribution in [3.63, 3.8) is 0 Å². The van der Waals surface area contributed by atoms with Gasteiger partial charge in [-0.1, -0.05) is 18.2 Å². The average molecular weight is 397 g/mol. The van der Waals surface area contributed by atoms with Crippen LogP contribution in [0.2, 0.25) is 0 Å². The number of hydrogen-bond donors (Lipinski definition) is 3. The van der Waals surface area contributed by atoms with Gasteiger partial charge in [0.05, 0.1) is 12.3 Å². The van der Waals surface area contributed by atoms with E-state index < -0.39 is 5.60 Å². The maximum absolute atomic E-state index is 13.2. The van der Waals surface area contributed by atoms with Crippen molar-refractivity contribution in [3.05, 3.63) is 47.3 Å². The lowest BCUT2D eigenvalue weighted by molar-refractivity contribution is -0.0116. The van der Waals surface area contributed by atoms with E-state index in [1.807, 2.05) is 49.1 Å². The molecule has 2 aliphatic heterocycles. The average Bonchev–Trinajstić information content (AvgIpc) is 3.28. The number of carbonyl (C=O) groups excluding carboxylic acids is 2. The predicted octanol–water partition coefficient (Wildman–Crippen LogP) is 2.99. The molecule has 0 bridgehead atoms. The molecular weight excluding hydrogens is 370 g/mol. The van der Waals surface area contributed by atoms with E-state index in [4.69, 9.17) is 4.74 Å². The van der Waals surface area contributed by atoms with Crippen LogP contribution in [0.1, 0.15) is 54.9 Å². The number of ether oxygens (including phenoxy) is 1. The smallest absolute Gasteiger partial charge is 0.319 e. The van der Waals surface area contributed by atoms with Crippen molar-refractivity contribution < 1.29 is 14.3 Å². The third-order valence-electron chi connectivity index (χ3n) is 5.67. The van der Waals surface area contributed by atoms with Gasteiger partial charge in [0, 0.05) is 30.4 Å². The van der Waals surface area contributed by atoms with Crippen molar-refractivity contribution in [3.8, 4) is 0 Å². The molecule has 8 heteroatoms. The first-order valence-corrected chi connectivity index (χ1v) is 10.1. The van der Waals surface area contributed by atoms with Gasteiger partial charge in [-0.3, -0.25) is 9.89 Å². The first-order chi connectivity index (χ1) is 14.0. The zero-order chi connectivity index (χ0) is 20.4. The Morgan fingerprint density at radius 2 is 2.07 bits per heavy atom. The fourth-order valence-electron chi connectivity index (χ4n) is 4.03. The van der Waals surface area contributed by atoms with Crippen LogP contribution in [0.5, 0.6) is 0 Å². The number of fused-ring (bicyclic) bond motifs is 1. The van der Waals surface area contributed by atoms with Crippen LogP contribution >= 0.6 is 0 Å². The SMILES string of the molecule is CC1(C)OCc2c(C(=O)N3CCCCC3CNC(=O)Nc3ccccc3)n[nH]c21. The van der Waals surface area contributed by atoms with Gasteiger partial charge in [0.2, 0.25) is 0 Å². The third kappa shape index (κ3) is 3.98. The van der Waals surface area contributed by atoms with Gasteiger partial charge in [0.15, 0.2) is 5.69 Å². The standard InChI is InChI=1S/C21H27N5O3/c1-21(2)18-16(13-29-21)17(24-25-18)19(27)26-11-7-6-10-15(26)12-22-20(28)23-14-8-4-3-5-9-14/h3-5,8-9,15H,6-7,10-13H2,1-2H3,(H,24,25)(H2,22,23,28). The molecule has 2 aromatic rings. The Bertz CT molecular complexity index is 893. The number of carbonyl (C=O) groups is 2. The van der Waals surface area contributed by atoms with Crippen molar-refractivity contribution >= 4 is 17.6 Å². The highest BCUT2D eigenvalue weighted by Crippen LogP contribution is 2.36. The van der Waals surface area contributed by atoms with Crippen LogP contribution in [0.15, 0.2) is 30.3 Å². The van der Waals surface area contributed by atoms with Crippen molar-refractivity contribution in [2.45, 2.75) is 51.4 Å². The van der Waals surface area contributed by atoms with Crippen LogP contribution in [0.4, 0.5) is 10.5 Å². The summed E-state index contributed by atoms with van der Waals surface area (Å²) in [7, 11) is 0. The Morgan fingerprint density at radius 3 is 2.86 bits per heavy atom. The van der Waals surface area contributed by atoms with E-state index in [1.165, 1.54) is 0 Å². The monoisotopic (exact) mass is 397 g/mol. The van der Waals surface area contributed by atoms with Crippen LogP contribution in [0, 0.1) is 0 Å². The number of hydrogen-bond acceptors (Lipinski definition) is 4. The summed E-state index contributed by atoms with van der Waals surface area (Å²) in [5, 5.41) is 13.0. The Balaban J connectivity index is 1.41. The summed E-state index contributed by atoms with van der Waals surface area (Å²) in [6.07, 6.45) is 2.84. The molecule has 3 heterocycles. The van der Waals surface area contributed by atoms with Crippen molar-refractivity contribution in [2.75, 3.05) is 18.4 Å². The van der Waals surface area contributed by atoms with Crippen LogP contribution in [0.25, 0.3) is 0 Å². The lowest BCUT2D eigenvalue weighted by Crippen LogP contribution is -2.50. The third-order valence-corrected chi connectivity index (χ3v) is 5.67. The minimum absolute atomic E-state index is 0.0551. The van der Waals surface area contributed by atoms with Crippen LogP contribution in [-0.2, 0) is 16.9 Å². The summed E-state index contributed by atoms with van der Waals surface area (Å²) in [5.41, 5.74) is 2.43. The van der Waals surface area contributed by atoms with Gasteiger partial charge in [-0.15, -0.1) is 0 Å². The van der Waals surface area contributed by atoms with E-state index in [1.54, 1.807) is 0 Å². The molecule has 1 saturated heterocycles. The molecular formula is C21H27N5O3. The van der Waals surface area contributed by atoms with E-state index in [-0.39, 0.29) is 18.0 Å². The summed E-state index contributed by atoms with van der Waals surface area (Å²) in [6.45, 7) is 5.38. The van der Waals surface area contributed by atoms with Gasteiger partial charge < -0.3 is 20.3 Å². The van der Waals surface area contributed by atoms with Gasteiger partial charge in [-0.2, -0.15) is 5.10 Å². The topological polar surface area (TPSA) is 99.3 Å². The second-order valence-electron chi connectivity index (χ2n) is 8.07. The normalized spacial score (nSPS) is 20.2. The van der Waals surface area contributed by atoms with Crippen molar-refractivity contribution in [1.29, 1.82) is 0 Å². The number of aromatic nitrogens is 2. The minimum Gasteiger partial charge on any atom is -0.364 e. The van der Waals surface area contributed by atoms with E-state index >= 15 is 0 Å². The molecule has 3 amide bonds. The number of benzene rings is 1.